The van der Waals surface area contributed by atoms with Crippen molar-refractivity contribution < 1.29 is 9.94 Å². The molecule has 0 spiro atoms. The average molecular weight is 117 g/mol. The molecule has 0 aliphatic rings. The van der Waals surface area contributed by atoms with Crippen molar-refractivity contribution in [3.05, 3.63) is 0 Å². The number of rotatable bonds is 1. The maximum Gasteiger partial charge on any atom is 0.222 e. The molecule has 0 radical (unpaired) electrons. The zero-order chi connectivity index (χ0) is 6.57. The van der Waals surface area contributed by atoms with Gasteiger partial charge in [-0.25, -0.2) is 0 Å². The summed E-state index contributed by atoms with van der Waals surface area (Å²) < 4.78 is 4.90. The van der Waals surface area contributed by atoms with Crippen LogP contribution in [0.5, 0.6) is 0 Å². The van der Waals surface area contributed by atoms with Gasteiger partial charge in [0, 0.05) is 6.92 Å². The van der Waals surface area contributed by atoms with Crippen LogP contribution in [0.4, 0.5) is 0 Å². The Labute approximate surface area is 49.0 Å². The van der Waals surface area contributed by atoms with Gasteiger partial charge in [-0.2, -0.15) is 0 Å². The molecule has 8 heavy (non-hydrogen) atoms. The first-order chi connectivity index (χ1) is 3.66. The van der Waals surface area contributed by atoms with Gasteiger partial charge < -0.3 is 9.94 Å². The van der Waals surface area contributed by atoms with Crippen LogP contribution in [-0.4, -0.2) is 17.2 Å². The van der Waals surface area contributed by atoms with Gasteiger partial charge in [0.25, 0.3) is 0 Å². The van der Waals surface area contributed by atoms with E-state index in [-0.39, 0.29) is 6.10 Å². The van der Waals surface area contributed by atoms with E-state index in [1.807, 2.05) is 13.8 Å². The van der Waals surface area contributed by atoms with E-state index in [9.17, 15) is 0 Å². The molecule has 0 amide bonds. The van der Waals surface area contributed by atoms with Crippen molar-refractivity contribution in [2.45, 2.75) is 26.9 Å². The lowest BCUT2D eigenvalue weighted by Crippen LogP contribution is -2.07. The van der Waals surface area contributed by atoms with Gasteiger partial charge in [-0.3, -0.25) is 0 Å². The first-order valence-corrected chi connectivity index (χ1v) is 2.52. The predicted octanol–water partition coefficient (Wildman–Crippen LogP) is 1.22. The summed E-state index contributed by atoms with van der Waals surface area (Å²) in [5.74, 6) is 0.306. The number of oxime groups is 1. The van der Waals surface area contributed by atoms with Crippen LogP contribution >= 0.6 is 0 Å². The average Bonchev–Trinajstić information content (AvgIpc) is 1.65. The smallest absolute Gasteiger partial charge is 0.222 e. The van der Waals surface area contributed by atoms with Crippen molar-refractivity contribution in [3.8, 4) is 0 Å². The zero-order valence-corrected chi connectivity index (χ0v) is 5.38. The van der Waals surface area contributed by atoms with Gasteiger partial charge >= 0.3 is 0 Å². The molecule has 0 aromatic rings. The summed E-state index contributed by atoms with van der Waals surface area (Å²) in [6, 6.07) is 0. The summed E-state index contributed by atoms with van der Waals surface area (Å²) in [5, 5.41) is 10.9. The fourth-order valence-corrected chi connectivity index (χ4v) is 0.365. The van der Waals surface area contributed by atoms with E-state index in [1.54, 1.807) is 6.92 Å². The van der Waals surface area contributed by atoms with E-state index >= 15 is 0 Å². The molecule has 0 unspecified atom stereocenters. The second-order valence-electron chi connectivity index (χ2n) is 1.79. The van der Waals surface area contributed by atoms with Gasteiger partial charge in [0.15, 0.2) is 0 Å². The van der Waals surface area contributed by atoms with E-state index in [0.717, 1.165) is 0 Å². The van der Waals surface area contributed by atoms with E-state index in [4.69, 9.17) is 9.94 Å². The van der Waals surface area contributed by atoms with Crippen LogP contribution < -0.4 is 0 Å². The molecule has 3 nitrogen and oxygen atoms in total. The molecule has 0 aromatic heterocycles. The molecule has 1 N–H and O–H groups in total. The first-order valence-electron chi connectivity index (χ1n) is 2.52. The molecule has 0 aliphatic carbocycles. The van der Waals surface area contributed by atoms with Gasteiger partial charge in [0.05, 0.1) is 6.10 Å². The van der Waals surface area contributed by atoms with Gasteiger partial charge in [-0.1, -0.05) is 5.16 Å². The Morgan fingerprint density at radius 2 is 2.12 bits per heavy atom. The zero-order valence-electron chi connectivity index (χ0n) is 5.38. The molecule has 0 rings (SSSR count). The Morgan fingerprint density at radius 3 is 2.25 bits per heavy atom. The lowest BCUT2D eigenvalue weighted by Gasteiger charge is -2.05. The Morgan fingerprint density at radius 1 is 1.62 bits per heavy atom. The molecule has 0 fully saturated rings. The minimum absolute atomic E-state index is 0.0888. The fraction of sp³-hybridized carbons (Fsp3) is 0.800. The summed E-state index contributed by atoms with van der Waals surface area (Å²) in [5.41, 5.74) is 0. The highest BCUT2D eigenvalue weighted by molar-refractivity contribution is 5.72. The Hall–Kier alpha value is -0.730. The number of ether oxygens (including phenoxy) is 1. The van der Waals surface area contributed by atoms with Crippen LogP contribution in [0, 0.1) is 0 Å². The monoisotopic (exact) mass is 117 g/mol. The summed E-state index contributed by atoms with van der Waals surface area (Å²) in [4.78, 5) is 0. The summed E-state index contributed by atoms with van der Waals surface area (Å²) in [7, 11) is 0. The van der Waals surface area contributed by atoms with Crippen molar-refractivity contribution >= 4 is 5.90 Å². The van der Waals surface area contributed by atoms with Crippen LogP contribution in [-0.2, 0) is 4.74 Å². The Kier molecular flexibility index (Phi) is 2.99. The van der Waals surface area contributed by atoms with Crippen molar-refractivity contribution in [2.24, 2.45) is 5.16 Å². The number of nitrogens with zero attached hydrogens (tertiary/aromatic N) is 1. The van der Waals surface area contributed by atoms with Crippen LogP contribution in [0.2, 0.25) is 0 Å². The number of hydrogen-bond donors (Lipinski definition) is 1. The molecule has 0 heterocycles. The van der Waals surface area contributed by atoms with Crippen molar-refractivity contribution in [2.75, 3.05) is 0 Å². The van der Waals surface area contributed by atoms with Gasteiger partial charge in [-0.15, -0.1) is 0 Å². The molecule has 0 saturated carbocycles. The van der Waals surface area contributed by atoms with Crippen LogP contribution in [0.1, 0.15) is 20.8 Å². The molecule has 0 atom stereocenters. The van der Waals surface area contributed by atoms with E-state index in [1.165, 1.54) is 0 Å². The van der Waals surface area contributed by atoms with Crippen molar-refractivity contribution in [3.63, 3.8) is 0 Å². The van der Waals surface area contributed by atoms with Crippen molar-refractivity contribution in [1.29, 1.82) is 0 Å². The van der Waals surface area contributed by atoms with Gasteiger partial charge in [0.1, 0.15) is 0 Å². The normalized spacial score (nSPS) is 12.2. The molecule has 48 valence electrons. The molecular weight excluding hydrogens is 106 g/mol. The standard InChI is InChI=1S/C5H11NO2/c1-4(2)8-5(3)6-7/h4,7H,1-3H3/b6-5+. The Bertz CT molecular complexity index is 88.4. The lowest BCUT2D eigenvalue weighted by atomic mass is 10.5. The van der Waals surface area contributed by atoms with Gasteiger partial charge in [-0.05, 0) is 13.8 Å². The third-order valence-corrected chi connectivity index (χ3v) is 0.547. The topological polar surface area (TPSA) is 41.8 Å². The number of hydrogen-bond acceptors (Lipinski definition) is 3. The second-order valence-corrected chi connectivity index (χ2v) is 1.79. The maximum atomic E-state index is 8.05. The molecule has 3 heteroatoms. The first kappa shape index (κ1) is 7.27. The van der Waals surface area contributed by atoms with E-state index < -0.39 is 0 Å². The second kappa shape index (κ2) is 3.29. The predicted molar refractivity (Wildman–Crippen MR) is 31.1 cm³/mol. The van der Waals surface area contributed by atoms with Crippen LogP contribution in [0.25, 0.3) is 0 Å². The minimum atomic E-state index is 0.0888. The van der Waals surface area contributed by atoms with Crippen LogP contribution in [0.3, 0.4) is 0 Å². The third kappa shape index (κ3) is 3.46. The largest absolute Gasteiger partial charge is 0.476 e. The molecule has 0 bridgehead atoms. The minimum Gasteiger partial charge on any atom is -0.476 e. The Balaban J connectivity index is 3.39. The highest BCUT2D eigenvalue weighted by Crippen LogP contribution is 1.88. The molecule has 0 aliphatic heterocycles. The van der Waals surface area contributed by atoms with Crippen molar-refractivity contribution in [1.82, 2.24) is 0 Å². The van der Waals surface area contributed by atoms with E-state index in [0.29, 0.717) is 5.90 Å². The van der Waals surface area contributed by atoms with E-state index in [2.05, 4.69) is 5.16 Å². The summed E-state index contributed by atoms with van der Waals surface area (Å²) in [6.07, 6.45) is 0.0888. The quantitative estimate of drug-likeness (QED) is 0.243. The highest BCUT2D eigenvalue weighted by Gasteiger charge is 1.93. The summed E-state index contributed by atoms with van der Waals surface area (Å²) >= 11 is 0. The lowest BCUT2D eigenvalue weighted by molar-refractivity contribution is 0.203. The highest BCUT2D eigenvalue weighted by atomic mass is 16.5. The molecule has 0 saturated heterocycles. The summed E-state index contributed by atoms with van der Waals surface area (Å²) in [6.45, 7) is 5.34. The van der Waals surface area contributed by atoms with Crippen LogP contribution in [0.15, 0.2) is 5.16 Å². The molecule has 0 aromatic carbocycles. The molecular formula is C5H11NO2. The third-order valence-electron chi connectivity index (χ3n) is 0.547. The SMILES string of the molecule is C/C(=N\O)OC(C)C. The van der Waals surface area contributed by atoms with Gasteiger partial charge in [0.2, 0.25) is 5.90 Å². The maximum absolute atomic E-state index is 8.05. The fourth-order valence-electron chi connectivity index (χ4n) is 0.365.